The van der Waals surface area contributed by atoms with E-state index in [0.717, 1.165) is 31.3 Å². The molecule has 1 aromatic carbocycles. The highest BCUT2D eigenvalue weighted by atomic mass is 15.2. The van der Waals surface area contributed by atoms with Crippen LogP contribution in [-0.4, -0.2) is 19.1 Å². The van der Waals surface area contributed by atoms with Crippen molar-refractivity contribution < 1.29 is 0 Å². The molecule has 2 nitrogen and oxygen atoms in total. The lowest BCUT2D eigenvalue weighted by molar-refractivity contribution is 0.243. The number of hydrogen-bond donors (Lipinski definition) is 1. The summed E-state index contributed by atoms with van der Waals surface area (Å²) in [7, 11) is 0. The summed E-state index contributed by atoms with van der Waals surface area (Å²) in [5.74, 6) is 1.71. The number of nitrogens with two attached hydrogens (primary N) is 1. The lowest BCUT2D eigenvalue weighted by Gasteiger charge is -2.40. The van der Waals surface area contributed by atoms with E-state index in [0.29, 0.717) is 6.04 Å². The molecule has 0 heterocycles. The van der Waals surface area contributed by atoms with E-state index < -0.39 is 0 Å². The van der Waals surface area contributed by atoms with E-state index in [2.05, 4.69) is 49.1 Å². The van der Waals surface area contributed by atoms with E-state index in [1.165, 1.54) is 24.9 Å². The first-order valence-corrected chi connectivity index (χ1v) is 7.74. The minimum absolute atomic E-state index is 0.695. The molecule has 1 aromatic rings. The summed E-state index contributed by atoms with van der Waals surface area (Å²) in [6.07, 6.45) is 5.08. The summed E-state index contributed by atoms with van der Waals surface area (Å²) in [4.78, 5) is 2.59. The molecule has 1 aliphatic carbocycles. The van der Waals surface area contributed by atoms with E-state index in [9.17, 15) is 0 Å². The quantitative estimate of drug-likeness (QED) is 0.875. The summed E-state index contributed by atoms with van der Waals surface area (Å²) in [6, 6.07) is 11.5. The lowest BCUT2D eigenvalue weighted by atomic mass is 9.78. The maximum Gasteiger partial charge on any atom is 0.0368 e. The molecule has 19 heavy (non-hydrogen) atoms. The van der Waals surface area contributed by atoms with Crippen molar-refractivity contribution in [3.8, 4) is 0 Å². The number of anilines is 1. The van der Waals surface area contributed by atoms with Gasteiger partial charge in [0.25, 0.3) is 0 Å². The number of hydrogen-bond acceptors (Lipinski definition) is 2. The Labute approximate surface area is 118 Å². The van der Waals surface area contributed by atoms with Crippen LogP contribution in [0.1, 0.15) is 39.5 Å². The van der Waals surface area contributed by atoms with Gasteiger partial charge < -0.3 is 10.6 Å². The smallest absolute Gasteiger partial charge is 0.0368 e. The minimum atomic E-state index is 0.695. The van der Waals surface area contributed by atoms with Crippen molar-refractivity contribution in [3.63, 3.8) is 0 Å². The molecule has 3 atom stereocenters. The van der Waals surface area contributed by atoms with Gasteiger partial charge in [-0.25, -0.2) is 0 Å². The summed E-state index contributed by atoms with van der Waals surface area (Å²) in [5.41, 5.74) is 7.07. The highest BCUT2D eigenvalue weighted by Gasteiger charge is 2.28. The molecule has 2 heteroatoms. The van der Waals surface area contributed by atoms with Gasteiger partial charge >= 0.3 is 0 Å². The minimum Gasteiger partial charge on any atom is -0.368 e. The Kier molecular flexibility index (Phi) is 5.26. The molecule has 2 N–H and O–H groups in total. The summed E-state index contributed by atoms with van der Waals surface area (Å²) >= 11 is 0. The molecule has 3 unspecified atom stereocenters. The highest BCUT2D eigenvalue weighted by Crippen LogP contribution is 2.34. The van der Waals surface area contributed by atoms with Crippen molar-refractivity contribution in [3.05, 3.63) is 30.3 Å². The predicted octanol–water partition coefficient (Wildman–Crippen LogP) is 3.67. The van der Waals surface area contributed by atoms with Crippen LogP contribution in [0.3, 0.4) is 0 Å². The van der Waals surface area contributed by atoms with Gasteiger partial charge in [0, 0.05) is 18.3 Å². The first kappa shape index (κ1) is 14.4. The van der Waals surface area contributed by atoms with Gasteiger partial charge in [0.15, 0.2) is 0 Å². The van der Waals surface area contributed by atoms with Crippen LogP contribution in [0.4, 0.5) is 5.69 Å². The first-order valence-electron chi connectivity index (χ1n) is 7.74. The Morgan fingerprint density at radius 1 is 1.11 bits per heavy atom. The predicted molar refractivity (Wildman–Crippen MR) is 83.4 cm³/mol. The van der Waals surface area contributed by atoms with Crippen molar-refractivity contribution >= 4 is 5.69 Å². The third-order valence-corrected chi connectivity index (χ3v) is 4.70. The fraction of sp³-hybridized carbons (Fsp3) is 0.647. The molecule has 1 saturated carbocycles. The highest BCUT2D eigenvalue weighted by molar-refractivity contribution is 5.47. The van der Waals surface area contributed by atoms with Crippen LogP contribution in [0.5, 0.6) is 0 Å². The Balaban J connectivity index is 2.09. The third kappa shape index (κ3) is 3.73. The van der Waals surface area contributed by atoms with Crippen LogP contribution in [-0.2, 0) is 0 Å². The zero-order valence-electron chi connectivity index (χ0n) is 12.4. The van der Waals surface area contributed by atoms with E-state index >= 15 is 0 Å². The maximum absolute atomic E-state index is 5.71. The largest absolute Gasteiger partial charge is 0.368 e. The molecular weight excluding hydrogens is 232 g/mol. The van der Waals surface area contributed by atoms with E-state index in [4.69, 9.17) is 5.73 Å². The monoisotopic (exact) mass is 260 g/mol. The summed E-state index contributed by atoms with van der Waals surface area (Å²) < 4.78 is 0. The topological polar surface area (TPSA) is 29.3 Å². The second-order valence-electron chi connectivity index (χ2n) is 6.09. The van der Waals surface area contributed by atoms with Crippen LogP contribution in [0.15, 0.2) is 30.3 Å². The average molecular weight is 260 g/mol. The van der Waals surface area contributed by atoms with Gasteiger partial charge in [-0.05, 0) is 56.2 Å². The van der Waals surface area contributed by atoms with E-state index in [-0.39, 0.29) is 0 Å². The molecule has 0 aliphatic heterocycles. The summed E-state index contributed by atoms with van der Waals surface area (Å²) in [5, 5.41) is 0. The van der Waals surface area contributed by atoms with Gasteiger partial charge in [-0.15, -0.1) is 0 Å². The fourth-order valence-electron chi connectivity index (χ4n) is 3.21. The molecular formula is C17H28N2. The van der Waals surface area contributed by atoms with Crippen molar-refractivity contribution in [2.45, 2.75) is 45.6 Å². The normalized spacial score (nSPS) is 27.2. The SMILES string of the molecule is CC1CCC(N(CCCN)c2ccccc2)CC1C. The standard InChI is InChI=1S/C17H28N2/c1-14-9-10-17(13-15(14)2)19(12-6-11-18)16-7-4-3-5-8-16/h3-5,7-8,14-15,17H,6,9-13,18H2,1-2H3. The van der Waals surface area contributed by atoms with Gasteiger partial charge in [0.05, 0.1) is 0 Å². The maximum atomic E-state index is 5.71. The zero-order chi connectivity index (χ0) is 13.7. The van der Waals surface area contributed by atoms with Gasteiger partial charge in [0.2, 0.25) is 0 Å². The first-order chi connectivity index (χ1) is 9.22. The fourth-order valence-corrected chi connectivity index (χ4v) is 3.21. The van der Waals surface area contributed by atoms with Crippen molar-refractivity contribution in [2.75, 3.05) is 18.0 Å². The van der Waals surface area contributed by atoms with Gasteiger partial charge in [-0.1, -0.05) is 32.0 Å². The zero-order valence-corrected chi connectivity index (χ0v) is 12.4. The van der Waals surface area contributed by atoms with Crippen molar-refractivity contribution in [2.24, 2.45) is 17.6 Å². The third-order valence-electron chi connectivity index (χ3n) is 4.70. The second-order valence-corrected chi connectivity index (χ2v) is 6.09. The van der Waals surface area contributed by atoms with Crippen LogP contribution in [0.25, 0.3) is 0 Å². The van der Waals surface area contributed by atoms with E-state index in [1.54, 1.807) is 0 Å². The average Bonchev–Trinajstić information content (AvgIpc) is 2.44. The van der Waals surface area contributed by atoms with Crippen LogP contribution in [0, 0.1) is 11.8 Å². The Morgan fingerprint density at radius 2 is 1.84 bits per heavy atom. The number of para-hydroxylation sites is 1. The van der Waals surface area contributed by atoms with E-state index in [1.807, 2.05) is 0 Å². The van der Waals surface area contributed by atoms with Crippen molar-refractivity contribution in [1.29, 1.82) is 0 Å². The lowest BCUT2D eigenvalue weighted by Crippen LogP contribution is -2.41. The molecule has 0 bridgehead atoms. The molecule has 0 spiro atoms. The molecule has 0 radical (unpaired) electrons. The molecule has 1 fully saturated rings. The second kappa shape index (κ2) is 6.95. The van der Waals surface area contributed by atoms with Gasteiger partial charge in [-0.3, -0.25) is 0 Å². The molecule has 1 aliphatic rings. The Morgan fingerprint density at radius 3 is 2.47 bits per heavy atom. The van der Waals surface area contributed by atoms with Crippen LogP contribution < -0.4 is 10.6 Å². The molecule has 0 aromatic heterocycles. The Hall–Kier alpha value is -1.02. The van der Waals surface area contributed by atoms with Crippen molar-refractivity contribution in [1.82, 2.24) is 0 Å². The molecule has 0 saturated heterocycles. The molecule has 2 rings (SSSR count). The number of benzene rings is 1. The molecule has 106 valence electrons. The Bertz CT molecular complexity index is 363. The van der Waals surface area contributed by atoms with Crippen LogP contribution in [0.2, 0.25) is 0 Å². The van der Waals surface area contributed by atoms with Crippen LogP contribution >= 0.6 is 0 Å². The van der Waals surface area contributed by atoms with Gasteiger partial charge in [0.1, 0.15) is 0 Å². The van der Waals surface area contributed by atoms with Gasteiger partial charge in [-0.2, -0.15) is 0 Å². The number of nitrogens with zero attached hydrogens (tertiary/aromatic N) is 1. The number of rotatable bonds is 5. The summed E-state index contributed by atoms with van der Waals surface area (Å²) in [6.45, 7) is 6.67. The molecule has 0 amide bonds.